The normalized spacial score (nSPS) is 19.6. The monoisotopic (exact) mass is 270 g/mol. The highest BCUT2D eigenvalue weighted by atomic mass is 16.4. The van der Waals surface area contributed by atoms with Gasteiger partial charge in [0.1, 0.15) is 0 Å². The Hall–Kier alpha value is -1.26. The Balaban J connectivity index is 2.55. The van der Waals surface area contributed by atoms with Gasteiger partial charge in [0.25, 0.3) is 0 Å². The number of urea groups is 1. The van der Waals surface area contributed by atoms with Crippen molar-refractivity contribution in [2.24, 2.45) is 11.3 Å². The second-order valence-electron chi connectivity index (χ2n) is 6.30. The number of carboxylic acids is 1. The van der Waals surface area contributed by atoms with Gasteiger partial charge in [-0.3, -0.25) is 4.79 Å². The molecule has 1 saturated heterocycles. The number of amides is 2. The maximum Gasteiger partial charge on any atom is 0.320 e. The summed E-state index contributed by atoms with van der Waals surface area (Å²) in [5.74, 6) is -0.338. The summed E-state index contributed by atoms with van der Waals surface area (Å²) >= 11 is 0. The summed E-state index contributed by atoms with van der Waals surface area (Å²) in [6.45, 7) is 10.9. The Morgan fingerprint density at radius 1 is 1.37 bits per heavy atom. The predicted molar refractivity (Wildman–Crippen MR) is 74.0 cm³/mol. The molecule has 0 aromatic carbocycles. The Morgan fingerprint density at radius 2 is 2.00 bits per heavy atom. The van der Waals surface area contributed by atoms with Crippen LogP contribution in [0.2, 0.25) is 0 Å². The molecule has 1 N–H and O–H groups in total. The van der Waals surface area contributed by atoms with Crippen LogP contribution in [0, 0.1) is 11.3 Å². The van der Waals surface area contributed by atoms with E-state index in [1.165, 1.54) is 0 Å². The van der Waals surface area contributed by atoms with E-state index >= 15 is 0 Å². The van der Waals surface area contributed by atoms with Crippen LogP contribution < -0.4 is 0 Å². The van der Waals surface area contributed by atoms with Crippen molar-refractivity contribution in [3.8, 4) is 0 Å². The quantitative estimate of drug-likeness (QED) is 0.852. The van der Waals surface area contributed by atoms with Crippen molar-refractivity contribution in [2.75, 3.05) is 26.2 Å². The highest BCUT2D eigenvalue weighted by molar-refractivity contribution is 5.75. The molecule has 1 atom stereocenters. The fourth-order valence-corrected chi connectivity index (χ4v) is 2.46. The van der Waals surface area contributed by atoms with Crippen LogP contribution in [0.1, 0.15) is 40.5 Å². The molecule has 1 heterocycles. The fraction of sp³-hybridized carbons (Fsp3) is 0.857. The van der Waals surface area contributed by atoms with E-state index in [1.807, 2.05) is 11.8 Å². The number of nitrogens with zero attached hydrogens (tertiary/aromatic N) is 2. The lowest BCUT2D eigenvalue weighted by atomic mass is 9.80. The molecule has 1 aliphatic heterocycles. The highest BCUT2D eigenvalue weighted by Gasteiger charge is 2.35. The van der Waals surface area contributed by atoms with Crippen LogP contribution in [0.15, 0.2) is 0 Å². The Labute approximate surface area is 115 Å². The summed E-state index contributed by atoms with van der Waals surface area (Å²) < 4.78 is 0. The van der Waals surface area contributed by atoms with E-state index in [0.29, 0.717) is 19.0 Å². The van der Waals surface area contributed by atoms with Gasteiger partial charge < -0.3 is 14.9 Å². The molecule has 0 radical (unpaired) electrons. The van der Waals surface area contributed by atoms with Crippen molar-refractivity contribution in [1.82, 2.24) is 9.80 Å². The number of carbonyl (C=O) groups excluding carboxylic acids is 1. The third kappa shape index (κ3) is 4.40. The first-order valence-electron chi connectivity index (χ1n) is 7.01. The van der Waals surface area contributed by atoms with Gasteiger partial charge in [-0.15, -0.1) is 0 Å². The van der Waals surface area contributed by atoms with Crippen molar-refractivity contribution in [2.45, 2.75) is 40.5 Å². The van der Waals surface area contributed by atoms with Gasteiger partial charge in [-0.1, -0.05) is 20.8 Å². The van der Waals surface area contributed by atoms with Crippen molar-refractivity contribution in [3.05, 3.63) is 0 Å². The second-order valence-corrected chi connectivity index (χ2v) is 6.30. The van der Waals surface area contributed by atoms with Gasteiger partial charge in [0.15, 0.2) is 0 Å². The Kier molecular flexibility index (Phi) is 5.20. The van der Waals surface area contributed by atoms with E-state index in [2.05, 4.69) is 20.8 Å². The number of likely N-dealkylation sites (tertiary alicyclic amines) is 1. The molecule has 110 valence electrons. The van der Waals surface area contributed by atoms with Crippen LogP contribution in [0.3, 0.4) is 0 Å². The number of hydrogen-bond donors (Lipinski definition) is 1. The molecule has 19 heavy (non-hydrogen) atoms. The van der Waals surface area contributed by atoms with Gasteiger partial charge >= 0.3 is 12.0 Å². The van der Waals surface area contributed by atoms with E-state index in [4.69, 9.17) is 5.11 Å². The minimum absolute atomic E-state index is 0.0100. The average molecular weight is 270 g/mol. The number of carbonyl (C=O) groups is 2. The number of aliphatic carboxylic acids is 1. The number of rotatable bonds is 4. The lowest BCUT2D eigenvalue weighted by Crippen LogP contribution is -2.43. The first-order chi connectivity index (χ1) is 8.75. The minimum atomic E-state index is -0.861. The van der Waals surface area contributed by atoms with E-state index in [9.17, 15) is 9.59 Å². The summed E-state index contributed by atoms with van der Waals surface area (Å²) in [6.07, 6.45) is 1.04. The molecule has 0 aromatic rings. The molecule has 0 aliphatic carbocycles. The largest absolute Gasteiger partial charge is 0.481 e. The maximum absolute atomic E-state index is 12.3. The molecular formula is C14H26N2O3. The van der Waals surface area contributed by atoms with Gasteiger partial charge in [0.2, 0.25) is 0 Å². The molecule has 1 aliphatic rings. The predicted octanol–water partition coefficient (Wildman–Crippen LogP) is 2.27. The Morgan fingerprint density at radius 3 is 2.42 bits per heavy atom. The second kappa shape index (κ2) is 6.26. The van der Waals surface area contributed by atoms with E-state index in [1.54, 1.807) is 4.90 Å². The molecule has 5 heteroatoms. The lowest BCUT2D eigenvalue weighted by Gasteiger charge is -2.29. The fourth-order valence-electron chi connectivity index (χ4n) is 2.46. The third-order valence-corrected chi connectivity index (χ3v) is 3.93. The molecule has 0 aromatic heterocycles. The molecule has 0 saturated carbocycles. The standard InChI is InChI=1S/C14H26N2O3/c1-5-15(9-7-12(17)18)13(19)16-8-6-11(10-16)14(2,3)4/h11H,5-10H2,1-4H3,(H,17,18). The van der Waals surface area contributed by atoms with Crippen LogP contribution in [0.5, 0.6) is 0 Å². The van der Waals surface area contributed by atoms with Crippen LogP contribution in [0.4, 0.5) is 4.79 Å². The van der Waals surface area contributed by atoms with Gasteiger partial charge in [-0.2, -0.15) is 0 Å². The molecule has 1 fully saturated rings. The van der Waals surface area contributed by atoms with Gasteiger partial charge in [0, 0.05) is 26.2 Å². The van der Waals surface area contributed by atoms with E-state index < -0.39 is 5.97 Å². The summed E-state index contributed by atoms with van der Waals surface area (Å²) in [7, 11) is 0. The molecule has 2 amide bonds. The molecule has 1 unspecified atom stereocenters. The number of carboxylic acid groups (broad SMARTS) is 1. The highest BCUT2D eigenvalue weighted by Crippen LogP contribution is 2.33. The number of hydrogen-bond acceptors (Lipinski definition) is 2. The molecule has 5 nitrogen and oxygen atoms in total. The van der Waals surface area contributed by atoms with Gasteiger partial charge in [0.05, 0.1) is 6.42 Å². The molecule has 0 bridgehead atoms. The third-order valence-electron chi connectivity index (χ3n) is 3.93. The summed E-state index contributed by atoms with van der Waals surface area (Å²) in [5, 5.41) is 8.70. The van der Waals surface area contributed by atoms with Crippen molar-refractivity contribution in [1.29, 1.82) is 0 Å². The van der Waals surface area contributed by atoms with Crippen LogP contribution in [0.25, 0.3) is 0 Å². The van der Waals surface area contributed by atoms with Crippen LogP contribution in [-0.4, -0.2) is 53.1 Å². The first-order valence-corrected chi connectivity index (χ1v) is 7.01. The summed E-state index contributed by atoms with van der Waals surface area (Å²) in [4.78, 5) is 26.4. The van der Waals surface area contributed by atoms with Crippen molar-refractivity contribution in [3.63, 3.8) is 0 Å². The summed E-state index contributed by atoms with van der Waals surface area (Å²) in [6, 6.07) is -0.0181. The summed E-state index contributed by atoms with van der Waals surface area (Å²) in [5.41, 5.74) is 0.215. The average Bonchev–Trinajstić information content (AvgIpc) is 2.77. The van der Waals surface area contributed by atoms with Crippen molar-refractivity contribution < 1.29 is 14.7 Å². The minimum Gasteiger partial charge on any atom is -0.481 e. The molecule has 0 spiro atoms. The first kappa shape index (κ1) is 15.8. The van der Waals surface area contributed by atoms with Crippen LogP contribution in [-0.2, 0) is 4.79 Å². The zero-order valence-corrected chi connectivity index (χ0v) is 12.5. The lowest BCUT2D eigenvalue weighted by molar-refractivity contribution is -0.137. The van der Waals surface area contributed by atoms with Crippen molar-refractivity contribution >= 4 is 12.0 Å². The van der Waals surface area contributed by atoms with Gasteiger partial charge in [-0.25, -0.2) is 4.79 Å². The van der Waals surface area contributed by atoms with Gasteiger partial charge in [-0.05, 0) is 24.7 Å². The zero-order valence-electron chi connectivity index (χ0n) is 12.5. The van der Waals surface area contributed by atoms with E-state index in [0.717, 1.165) is 19.5 Å². The molecule has 1 rings (SSSR count). The molecular weight excluding hydrogens is 244 g/mol. The SMILES string of the molecule is CCN(CCC(=O)O)C(=O)N1CCC(C(C)(C)C)C1. The van der Waals surface area contributed by atoms with Crippen LogP contribution >= 0.6 is 0 Å². The zero-order chi connectivity index (χ0) is 14.6. The van der Waals surface area contributed by atoms with E-state index in [-0.39, 0.29) is 17.9 Å². The smallest absolute Gasteiger partial charge is 0.320 e. The Bertz CT molecular complexity index is 336. The topological polar surface area (TPSA) is 60.9 Å². The maximum atomic E-state index is 12.3.